The van der Waals surface area contributed by atoms with E-state index < -0.39 is 11.9 Å². The molecular formula is C11H8N2O4. The van der Waals surface area contributed by atoms with Gasteiger partial charge in [0.25, 0.3) is 0 Å². The average Bonchev–Trinajstić information content (AvgIpc) is 2.78. The summed E-state index contributed by atoms with van der Waals surface area (Å²) in [6.45, 7) is 0. The first-order valence-corrected chi connectivity index (χ1v) is 4.76. The van der Waals surface area contributed by atoms with Crippen LogP contribution in [0.1, 0.15) is 22.5 Å². The third-order valence-corrected chi connectivity index (χ3v) is 2.31. The molecule has 0 saturated heterocycles. The van der Waals surface area contributed by atoms with E-state index in [-0.39, 0.29) is 17.6 Å². The van der Waals surface area contributed by atoms with Crippen LogP contribution in [0, 0.1) is 0 Å². The van der Waals surface area contributed by atoms with Crippen LogP contribution in [0.3, 0.4) is 0 Å². The number of aromatic nitrogens is 1. The fourth-order valence-electron chi connectivity index (χ4n) is 1.41. The Balaban J connectivity index is 2.16. The van der Waals surface area contributed by atoms with Crippen LogP contribution in [0.5, 0.6) is 0 Å². The lowest BCUT2D eigenvalue weighted by atomic mass is 10.1. The Morgan fingerprint density at radius 3 is 2.41 bits per heavy atom. The fourth-order valence-corrected chi connectivity index (χ4v) is 1.41. The van der Waals surface area contributed by atoms with Gasteiger partial charge in [0.15, 0.2) is 0 Å². The van der Waals surface area contributed by atoms with Crippen molar-refractivity contribution in [3.05, 3.63) is 41.4 Å². The van der Waals surface area contributed by atoms with Crippen LogP contribution in [-0.2, 0) is 4.79 Å². The summed E-state index contributed by atoms with van der Waals surface area (Å²) in [5.74, 6) is -2.06. The van der Waals surface area contributed by atoms with Crippen LogP contribution < -0.4 is 0 Å². The second-order valence-corrected chi connectivity index (χ2v) is 3.45. The Morgan fingerprint density at radius 1 is 1.18 bits per heavy atom. The van der Waals surface area contributed by atoms with Crippen LogP contribution in [0.4, 0.5) is 0 Å². The summed E-state index contributed by atoms with van der Waals surface area (Å²) in [7, 11) is 0. The van der Waals surface area contributed by atoms with E-state index in [9.17, 15) is 9.59 Å². The maximum Gasteiger partial charge on any atom is 0.337 e. The molecule has 86 valence electrons. The molecule has 2 heterocycles. The van der Waals surface area contributed by atoms with Crippen molar-refractivity contribution in [1.82, 2.24) is 4.98 Å². The summed E-state index contributed by atoms with van der Waals surface area (Å²) in [5.41, 5.74) is 1.30. The minimum absolute atomic E-state index is 0.0822. The predicted octanol–water partition coefficient (Wildman–Crippen LogP) is 0.941. The molecule has 1 aliphatic rings. The minimum atomic E-state index is -1.05. The predicted molar refractivity (Wildman–Crippen MR) is 58.1 cm³/mol. The van der Waals surface area contributed by atoms with Crippen molar-refractivity contribution in [3.63, 3.8) is 0 Å². The number of aliphatic carboxylic acids is 1. The smallest absolute Gasteiger partial charge is 0.337 e. The molecule has 0 saturated carbocycles. The molecule has 0 radical (unpaired) electrons. The molecule has 0 unspecified atom stereocenters. The van der Waals surface area contributed by atoms with E-state index >= 15 is 0 Å². The van der Waals surface area contributed by atoms with E-state index in [0.717, 1.165) is 0 Å². The molecular weight excluding hydrogens is 224 g/mol. The van der Waals surface area contributed by atoms with Gasteiger partial charge >= 0.3 is 11.9 Å². The number of aromatic carboxylic acids is 1. The Kier molecular flexibility index (Phi) is 2.70. The van der Waals surface area contributed by atoms with E-state index in [4.69, 9.17) is 10.2 Å². The lowest BCUT2D eigenvalue weighted by Crippen LogP contribution is -2.07. The van der Waals surface area contributed by atoms with Gasteiger partial charge in [0.05, 0.1) is 22.5 Å². The zero-order valence-electron chi connectivity index (χ0n) is 8.62. The van der Waals surface area contributed by atoms with Crippen LogP contribution in [-0.4, -0.2) is 32.8 Å². The first kappa shape index (κ1) is 11.0. The van der Waals surface area contributed by atoms with Crippen molar-refractivity contribution >= 4 is 17.7 Å². The molecule has 0 aliphatic carbocycles. The van der Waals surface area contributed by atoms with E-state index in [1.54, 1.807) is 0 Å². The molecule has 0 amide bonds. The molecule has 1 aromatic rings. The second-order valence-electron chi connectivity index (χ2n) is 3.45. The third kappa shape index (κ3) is 2.20. The van der Waals surface area contributed by atoms with Crippen molar-refractivity contribution in [2.75, 3.05) is 0 Å². The van der Waals surface area contributed by atoms with Crippen LogP contribution in [0.15, 0.2) is 35.1 Å². The number of pyridine rings is 1. The highest BCUT2D eigenvalue weighted by Crippen LogP contribution is 2.16. The third-order valence-electron chi connectivity index (χ3n) is 2.31. The van der Waals surface area contributed by atoms with Gasteiger partial charge in [-0.05, 0) is 12.1 Å². The van der Waals surface area contributed by atoms with Gasteiger partial charge in [-0.15, -0.1) is 0 Å². The van der Waals surface area contributed by atoms with E-state index in [2.05, 4.69) is 9.98 Å². The molecule has 0 fully saturated rings. The molecule has 0 aromatic carbocycles. The van der Waals surface area contributed by atoms with E-state index in [1.807, 2.05) is 0 Å². The number of carboxylic acids is 2. The average molecular weight is 232 g/mol. The van der Waals surface area contributed by atoms with Gasteiger partial charge in [0, 0.05) is 18.8 Å². The maximum atomic E-state index is 10.7. The summed E-state index contributed by atoms with van der Waals surface area (Å²) < 4.78 is 0. The second kappa shape index (κ2) is 4.17. The number of carboxylic acid groups (broad SMARTS) is 2. The van der Waals surface area contributed by atoms with Crippen LogP contribution in [0.25, 0.3) is 0 Å². The van der Waals surface area contributed by atoms with E-state index in [1.165, 1.54) is 24.5 Å². The van der Waals surface area contributed by atoms with Crippen molar-refractivity contribution in [2.24, 2.45) is 4.99 Å². The van der Waals surface area contributed by atoms with Gasteiger partial charge in [-0.3, -0.25) is 9.98 Å². The van der Waals surface area contributed by atoms with Gasteiger partial charge in [0.2, 0.25) is 0 Å². The highest BCUT2D eigenvalue weighted by molar-refractivity contribution is 6.07. The summed E-state index contributed by atoms with van der Waals surface area (Å²) in [6, 6.07) is 2.92. The Bertz CT molecular complexity index is 543. The Morgan fingerprint density at radius 2 is 1.94 bits per heavy atom. The number of aliphatic imine (C=N–C) groups is 1. The van der Waals surface area contributed by atoms with Gasteiger partial charge in [-0.25, -0.2) is 9.59 Å². The maximum absolute atomic E-state index is 10.7. The molecule has 2 rings (SSSR count). The zero-order chi connectivity index (χ0) is 12.4. The fraction of sp³-hybridized carbons (Fsp3) is 0.0909. The Labute approximate surface area is 96.0 Å². The number of hydrogen-bond acceptors (Lipinski definition) is 4. The zero-order valence-corrected chi connectivity index (χ0v) is 8.62. The monoisotopic (exact) mass is 232 g/mol. The number of hydrogen-bond donors (Lipinski definition) is 2. The summed E-state index contributed by atoms with van der Waals surface area (Å²) in [4.78, 5) is 29.2. The minimum Gasteiger partial charge on any atom is -0.478 e. The Hall–Kier alpha value is -2.50. The standard InChI is InChI=1S/C11H8N2O4/c14-10(15)6-1-2-8(12-4-6)9-3-7(5-13-9)11(16)17/h1-2,4-5H,3H2,(H,14,15)(H,16,17). The molecule has 6 nitrogen and oxygen atoms in total. The number of rotatable bonds is 3. The van der Waals surface area contributed by atoms with Gasteiger partial charge < -0.3 is 10.2 Å². The van der Waals surface area contributed by atoms with E-state index in [0.29, 0.717) is 11.4 Å². The lowest BCUT2D eigenvalue weighted by molar-refractivity contribution is -0.132. The molecule has 0 atom stereocenters. The molecule has 17 heavy (non-hydrogen) atoms. The number of carbonyl (C=O) groups is 2. The van der Waals surface area contributed by atoms with Crippen molar-refractivity contribution in [3.8, 4) is 0 Å². The first-order chi connectivity index (χ1) is 8.08. The van der Waals surface area contributed by atoms with Crippen molar-refractivity contribution in [2.45, 2.75) is 6.42 Å². The molecule has 0 bridgehead atoms. The van der Waals surface area contributed by atoms with Gasteiger partial charge in [-0.2, -0.15) is 0 Å². The molecule has 1 aromatic heterocycles. The topological polar surface area (TPSA) is 99.8 Å². The summed E-state index contributed by atoms with van der Waals surface area (Å²) in [5, 5.41) is 17.5. The normalized spacial score (nSPS) is 14.1. The van der Waals surface area contributed by atoms with Crippen LogP contribution in [0.2, 0.25) is 0 Å². The molecule has 0 spiro atoms. The quantitative estimate of drug-likeness (QED) is 0.807. The SMILES string of the molecule is O=C(O)C1=CN=C(c2ccc(C(=O)O)cn2)C1. The van der Waals surface area contributed by atoms with Crippen molar-refractivity contribution < 1.29 is 19.8 Å². The summed E-state index contributed by atoms with van der Waals surface area (Å²) >= 11 is 0. The van der Waals surface area contributed by atoms with Gasteiger partial charge in [-0.1, -0.05) is 0 Å². The first-order valence-electron chi connectivity index (χ1n) is 4.76. The molecule has 6 heteroatoms. The van der Waals surface area contributed by atoms with Crippen molar-refractivity contribution in [1.29, 1.82) is 0 Å². The summed E-state index contributed by atoms with van der Waals surface area (Å²) in [6.07, 6.45) is 2.71. The molecule has 1 aliphatic heterocycles. The highest BCUT2D eigenvalue weighted by Gasteiger charge is 2.18. The lowest BCUT2D eigenvalue weighted by Gasteiger charge is -2.00. The molecule has 2 N–H and O–H groups in total. The largest absolute Gasteiger partial charge is 0.478 e. The van der Waals surface area contributed by atoms with Crippen LogP contribution >= 0.6 is 0 Å². The van der Waals surface area contributed by atoms with Gasteiger partial charge in [0.1, 0.15) is 0 Å². The highest BCUT2D eigenvalue weighted by atomic mass is 16.4. The number of nitrogens with zero attached hydrogens (tertiary/aromatic N) is 2.